The maximum Gasteiger partial charge on any atom is 0.246 e. The first-order valence-electron chi connectivity index (χ1n) is 13.2. The summed E-state index contributed by atoms with van der Waals surface area (Å²) in [7, 11) is -1.79. The van der Waals surface area contributed by atoms with Gasteiger partial charge in [-0.1, -0.05) is 35.7 Å². The number of likely N-dealkylation sites (tertiary alicyclic amines) is 1. The number of amides is 2. The summed E-state index contributed by atoms with van der Waals surface area (Å²) < 4.78 is 27.1. The number of nitrogens with zero attached hydrogens (tertiary/aromatic N) is 3. The minimum atomic E-state index is -3.70. The molecule has 1 heterocycles. The van der Waals surface area contributed by atoms with Gasteiger partial charge in [0.05, 0.1) is 16.3 Å². The van der Waals surface area contributed by atoms with Crippen molar-refractivity contribution in [3.63, 3.8) is 0 Å². The lowest BCUT2D eigenvalue weighted by molar-refractivity contribution is -0.158. The Balaban J connectivity index is 1.67. The highest BCUT2D eigenvalue weighted by molar-refractivity contribution is 7.91. The molecule has 0 N–H and O–H groups in total. The van der Waals surface area contributed by atoms with Gasteiger partial charge in [0.25, 0.3) is 0 Å². The van der Waals surface area contributed by atoms with Gasteiger partial charge in [-0.15, -0.1) is 0 Å². The fourth-order valence-corrected chi connectivity index (χ4v) is 8.07. The molecule has 2 aromatic rings. The van der Waals surface area contributed by atoms with E-state index in [9.17, 15) is 23.2 Å². The predicted molar refractivity (Wildman–Crippen MR) is 152 cm³/mol. The standard InChI is InChI=1S/C28H34Cl2N3O5S/c1-19(2)31(3)28(15-5-4-8-21(28)18-39(37,38)24-12-10-22(29)11-13-24)32-16-14-25(27(32)35)33(36)26(34)20-7-6-9-23(30)17-20/h6-7,9-13,17,19,21,25H,4-5,8,14-16,18H2,1-3H3/q-1/t21-,25?,28?/m0/s1. The van der Waals surface area contributed by atoms with E-state index in [4.69, 9.17) is 23.2 Å². The van der Waals surface area contributed by atoms with Crippen molar-refractivity contribution in [3.05, 3.63) is 69.3 Å². The maximum absolute atomic E-state index is 13.9. The van der Waals surface area contributed by atoms with Crippen LogP contribution >= 0.6 is 23.2 Å². The molecule has 0 spiro atoms. The van der Waals surface area contributed by atoms with Crippen LogP contribution in [0.15, 0.2) is 53.4 Å². The number of hydroxylamine groups is 2. The zero-order valence-electron chi connectivity index (χ0n) is 22.3. The first-order chi connectivity index (χ1) is 18.4. The van der Waals surface area contributed by atoms with Crippen LogP contribution in [-0.2, 0) is 14.6 Å². The first-order valence-corrected chi connectivity index (χ1v) is 15.6. The van der Waals surface area contributed by atoms with E-state index in [0.717, 1.165) is 12.8 Å². The van der Waals surface area contributed by atoms with Crippen LogP contribution < -0.4 is 0 Å². The zero-order chi connectivity index (χ0) is 28.5. The molecular weight excluding hydrogens is 561 g/mol. The number of carbonyl (C=O) groups excluding carboxylic acids is 2. The number of carbonyl (C=O) groups is 2. The van der Waals surface area contributed by atoms with Crippen LogP contribution in [0.5, 0.6) is 0 Å². The van der Waals surface area contributed by atoms with Gasteiger partial charge in [-0.25, -0.2) is 8.42 Å². The summed E-state index contributed by atoms with van der Waals surface area (Å²) in [6.45, 7) is 4.25. The molecule has 2 fully saturated rings. The minimum Gasteiger partial charge on any atom is -0.755 e. The van der Waals surface area contributed by atoms with Gasteiger partial charge in [-0.2, -0.15) is 0 Å². The minimum absolute atomic E-state index is 0.00728. The highest BCUT2D eigenvalue weighted by Crippen LogP contribution is 2.45. The van der Waals surface area contributed by atoms with E-state index in [1.54, 1.807) is 29.2 Å². The largest absolute Gasteiger partial charge is 0.755 e. The van der Waals surface area contributed by atoms with Gasteiger partial charge in [0.2, 0.25) is 11.8 Å². The van der Waals surface area contributed by atoms with E-state index in [2.05, 4.69) is 4.90 Å². The van der Waals surface area contributed by atoms with E-state index in [1.807, 2.05) is 20.9 Å². The summed E-state index contributed by atoms with van der Waals surface area (Å²) in [5.74, 6) is -1.83. The summed E-state index contributed by atoms with van der Waals surface area (Å²) in [5.41, 5.74) is -0.806. The summed E-state index contributed by atoms with van der Waals surface area (Å²) in [5, 5.41) is 14.2. The Labute approximate surface area is 240 Å². The van der Waals surface area contributed by atoms with Crippen LogP contribution in [0.1, 0.15) is 56.3 Å². The Hall–Kier alpha value is -2.17. The lowest BCUT2D eigenvalue weighted by Crippen LogP contribution is -2.68. The van der Waals surface area contributed by atoms with Gasteiger partial charge in [-0.05, 0) is 89.0 Å². The summed E-state index contributed by atoms with van der Waals surface area (Å²) in [4.78, 5) is 30.8. The molecule has 2 aliphatic rings. The fraction of sp³-hybridized carbons (Fsp3) is 0.500. The second kappa shape index (κ2) is 11.7. The lowest BCUT2D eigenvalue weighted by Gasteiger charge is -2.56. The molecule has 1 saturated heterocycles. The zero-order valence-corrected chi connectivity index (χ0v) is 24.7. The van der Waals surface area contributed by atoms with Crippen molar-refractivity contribution < 1.29 is 18.0 Å². The van der Waals surface area contributed by atoms with E-state index >= 15 is 0 Å². The average Bonchev–Trinajstić information content (AvgIpc) is 3.29. The van der Waals surface area contributed by atoms with Crippen molar-refractivity contribution in [2.45, 2.75) is 68.6 Å². The quantitative estimate of drug-likeness (QED) is 0.388. The molecule has 0 aromatic heterocycles. The molecule has 1 saturated carbocycles. The summed E-state index contributed by atoms with van der Waals surface area (Å²) in [6.07, 6.45) is 2.99. The van der Waals surface area contributed by atoms with E-state index in [-0.39, 0.29) is 40.3 Å². The van der Waals surface area contributed by atoms with Crippen LogP contribution in [0.3, 0.4) is 0 Å². The molecule has 2 amide bonds. The molecule has 212 valence electrons. The number of hydrogen-bond acceptors (Lipinski definition) is 6. The molecule has 3 atom stereocenters. The summed E-state index contributed by atoms with van der Waals surface area (Å²) in [6, 6.07) is 11.0. The monoisotopic (exact) mass is 594 g/mol. The molecule has 8 nitrogen and oxygen atoms in total. The number of halogens is 2. The van der Waals surface area contributed by atoms with Crippen LogP contribution in [-0.4, -0.2) is 72.2 Å². The Morgan fingerprint density at radius 1 is 1.10 bits per heavy atom. The fourth-order valence-electron chi connectivity index (χ4n) is 6.05. The lowest BCUT2D eigenvalue weighted by atomic mass is 9.77. The molecule has 1 aliphatic heterocycles. The molecule has 2 aromatic carbocycles. The van der Waals surface area contributed by atoms with Crippen molar-refractivity contribution >= 4 is 44.9 Å². The smallest absolute Gasteiger partial charge is 0.246 e. The van der Waals surface area contributed by atoms with Crippen molar-refractivity contribution in [1.29, 1.82) is 0 Å². The number of sulfone groups is 1. The van der Waals surface area contributed by atoms with E-state index in [0.29, 0.717) is 22.9 Å². The molecule has 4 rings (SSSR count). The van der Waals surface area contributed by atoms with E-state index in [1.165, 1.54) is 24.3 Å². The second-order valence-corrected chi connectivity index (χ2v) is 13.6. The van der Waals surface area contributed by atoms with Crippen molar-refractivity contribution in [3.8, 4) is 0 Å². The Bertz CT molecular complexity index is 1320. The van der Waals surface area contributed by atoms with Crippen molar-refractivity contribution in [2.24, 2.45) is 5.92 Å². The van der Waals surface area contributed by atoms with Gasteiger partial charge >= 0.3 is 0 Å². The van der Waals surface area contributed by atoms with E-state index < -0.39 is 39.3 Å². The molecular formula is C28H34Cl2N3O5S-. The number of hydrogen-bond donors (Lipinski definition) is 0. The molecule has 39 heavy (non-hydrogen) atoms. The first kappa shape index (κ1) is 29.8. The van der Waals surface area contributed by atoms with Crippen LogP contribution in [0.25, 0.3) is 0 Å². The Morgan fingerprint density at radius 3 is 2.44 bits per heavy atom. The average molecular weight is 596 g/mol. The van der Waals surface area contributed by atoms with Crippen molar-refractivity contribution in [1.82, 2.24) is 14.9 Å². The van der Waals surface area contributed by atoms with Gasteiger partial charge in [0.15, 0.2) is 9.84 Å². The van der Waals surface area contributed by atoms with Crippen LogP contribution in [0, 0.1) is 11.1 Å². The van der Waals surface area contributed by atoms with Crippen LogP contribution in [0.4, 0.5) is 0 Å². The SMILES string of the molecule is CC(C)N(C)C1(N2CCC(N([O-])C(=O)c3cccc(Cl)c3)C2=O)CCCC[C@H]1CS(=O)(=O)c1ccc(Cl)cc1. The van der Waals surface area contributed by atoms with Crippen molar-refractivity contribution in [2.75, 3.05) is 19.3 Å². The number of rotatable bonds is 8. The molecule has 1 aliphatic carbocycles. The molecule has 0 radical (unpaired) electrons. The third-order valence-corrected chi connectivity index (χ3v) is 10.5. The van der Waals surface area contributed by atoms with Gasteiger partial charge in [0, 0.05) is 34.1 Å². The second-order valence-electron chi connectivity index (χ2n) is 10.7. The predicted octanol–water partition coefficient (Wildman–Crippen LogP) is 5.23. The third kappa shape index (κ3) is 5.84. The van der Waals surface area contributed by atoms with Gasteiger partial charge in [0.1, 0.15) is 6.04 Å². The van der Waals surface area contributed by atoms with Gasteiger partial charge < -0.3 is 15.2 Å². The Kier molecular flexibility index (Phi) is 8.98. The van der Waals surface area contributed by atoms with Crippen LogP contribution in [0.2, 0.25) is 10.0 Å². The maximum atomic E-state index is 13.9. The Morgan fingerprint density at radius 2 is 1.79 bits per heavy atom. The number of benzene rings is 2. The third-order valence-electron chi connectivity index (χ3n) is 8.18. The highest BCUT2D eigenvalue weighted by atomic mass is 35.5. The normalized spacial score (nSPS) is 24.0. The highest BCUT2D eigenvalue weighted by Gasteiger charge is 2.55. The topological polar surface area (TPSA) is 101 Å². The molecule has 2 unspecified atom stereocenters. The molecule has 11 heteroatoms. The molecule has 0 bridgehead atoms. The summed E-state index contributed by atoms with van der Waals surface area (Å²) >= 11 is 12.0. The van der Waals surface area contributed by atoms with Gasteiger partial charge in [-0.3, -0.25) is 14.5 Å².